The van der Waals surface area contributed by atoms with Gasteiger partial charge in [-0.05, 0) is 50.6 Å². The highest BCUT2D eigenvalue weighted by Gasteiger charge is 2.24. The Kier molecular flexibility index (Phi) is 6.42. The molecule has 0 atom stereocenters. The number of aromatic nitrogens is 1. The van der Waals surface area contributed by atoms with Gasteiger partial charge in [-0.1, -0.05) is 6.58 Å². The number of hydrogen-bond donors (Lipinski definition) is 0. The molecule has 0 unspecified atom stereocenters. The van der Waals surface area contributed by atoms with E-state index < -0.39 is 0 Å². The number of ether oxygens (including phenoxy) is 3. The number of esters is 1. The smallest absolute Gasteiger partial charge is 0.338 e. The number of nitrogens with zero attached hydrogens (tertiary/aromatic N) is 2. The minimum absolute atomic E-state index is 0.241. The molecule has 6 nitrogen and oxygen atoms in total. The average Bonchev–Trinajstić information content (AvgIpc) is 3.21. The van der Waals surface area contributed by atoms with Gasteiger partial charge in [-0.15, -0.1) is 0 Å². The van der Waals surface area contributed by atoms with Crippen molar-refractivity contribution in [2.24, 2.45) is 0 Å². The lowest BCUT2D eigenvalue weighted by Crippen LogP contribution is -2.35. The van der Waals surface area contributed by atoms with Gasteiger partial charge in [0.2, 0.25) is 0 Å². The molecular weight excluding hydrogens is 423 g/mol. The van der Waals surface area contributed by atoms with Gasteiger partial charge in [0.1, 0.15) is 11.6 Å². The zero-order chi connectivity index (χ0) is 23.7. The summed E-state index contributed by atoms with van der Waals surface area (Å²) in [7, 11) is 1.51. The first-order valence-electron chi connectivity index (χ1n) is 11.0. The predicted octanol–water partition coefficient (Wildman–Crippen LogP) is 4.93. The Morgan fingerprint density at radius 3 is 2.55 bits per heavy atom. The van der Waals surface area contributed by atoms with Gasteiger partial charge in [0.05, 0.1) is 43.4 Å². The minimum Gasteiger partial charge on any atom is -0.497 e. The average molecular weight is 453 g/mol. The van der Waals surface area contributed by atoms with Crippen LogP contribution in [0.5, 0.6) is 5.75 Å². The number of hydrogen-bond acceptors (Lipinski definition) is 5. The second kappa shape index (κ2) is 9.27. The lowest BCUT2D eigenvalue weighted by molar-refractivity contribution is 0.0377. The predicted molar refractivity (Wildman–Crippen MR) is 126 cm³/mol. The van der Waals surface area contributed by atoms with E-state index in [-0.39, 0.29) is 17.9 Å². The summed E-state index contributed by atoms with van der Waals surface area (Å²) in [5.74, 6) is -0.314. The standard InChI is InChI=1S/C26H29FN2O4/c1-16(2)33-26(30)23-13-20-12-19(22-7-6-21(31-5)14-24(22)27)15-29(20)25(17(23)3)18(4)28-8-10-32-11-9-28/h6-7,12-16H,4,8-11H2,1-3,5H3. The Bertz CT molecular complexity index is 1210. The molecule has 0 spiro atoms. The number of methoxy groups -OCH3 is 1. The molecule has 1 saturated heterocycles. The lowest BCUT2D eigenvalue weighted by atomic mass is 10.0. The van der Waals surface area contributed by atoms with Gasteiger partial charge in [-0.25, -0.2) is 9.18 Å². The molecule has 7 heteroatoms. The quantitative estimate of drug-likeness (QED) is 0.497. The maximum atomic E-state index is 14.8. The van der Waals surface area contributed by atoms with E-state index in [1.807, 2.05) is 37.4 Å². The van der Waals surface area contributed by atoms with Crippen LogP contribution < -0.4 is 4.74 Å². The highest BCUT2D eigenvalue weighted by atomic mass is 19.1. The van der Waals surface area contributed by atoms with Gasteiger partial charge >= 0.3 is 5.97 Å². The largest absolute Gasteiger partial charge is 0.497 e. The Morgan fingerprint density at radius 2 is 1.91 bits per heavy atom. The highest BCUT2D eigenvalue weighted by Crippen LogP contribution is 2.33. The van der Waals surface area contributed by atoms with Crippen LogP contribution in [0.2, 0.25) is 0 Å². The first kappa shape index (κ1) is 22.9. The van der Waals surface area contributed by atoms with E-state index in [9.17, 15) is 9.18 Å². The van der Waals surface area contributed by atoms with Gasteiger partial charge in [-0.2, -0.15) is 0 Å². The monoisotopic (exact) mass is 452 g/mol. The van der Waals surface area contributed by atoms with Crippen LogP contribution in [0.3, 0.4) is 0 Å². The Morgan fingerprint density at radius 1 is 1.18 bits per heavy atom. The van der Waals surface area contributed by atoms with Crippen molar-refractivity contribution in [1.29, 1.82) is 0 Å². The summed E-state index contributed by atoms with van der Waals surface area (Å²) in [5.41, 5.74) is 4.72. The summed E-state index contributed by atoms with van der Waals surface area (Å²) in [4.78, 5) is 15.1. The van der Waals surface area contributed by atoms with Crippen molar-refractivity contribution in [3.05, 3.63) is 65.7 Å². The molecular formula is C26H29FN2O4. The first-order chi connectivity index (χ1) is 15.8. The number of pyridine rings is 1. The number of carbonyl (C=O) groups excluding carboxylic acids is 1. The molecule has 1 aliphatic heterocycles. The fourth-order valence-electron chi connectivity index (χ4n) is 4.18. The molecule has 3 heterocycles. The molecule has 0 amide bonds. The van der Waals surface area contributed by atoms with E-state index in [0.717, 1.165) is 22.5 Å². The molecule has 174 valence electrons. The molecule has 0 saturated carbocycles. The van der Waals surface area contributed by atoms with Crippen molar-refractivity contribution >= 4 is 17.2 Å². The highest BCUT2D eigenvalue weighted by molar-refractivity contribution is 5.94. The van der Waals surface area contributed by atoms with E-state index in [1.165, 1.54) is 13.2 Å². The minimum atomic E-state index is -0.389. The Balaban J connectivity index is 1.89. The number of morpholine rings is 1. The second-order valence-electron chi connectivity index (χ2n) is 8.40. The zero-order valence-electron chi connectivity index (χ0n) is 19.5. The second-order valence-corrected chi connectivity index (χ2v) is 8.40. The third-order valence-electron chi connectivity index (χ3n) is 5.86. The molecule has 1 aromatic carbocycles. The van der Waals surface area contributed by atoms with E-state index >= 15 is 0 Å². The van der Waals surface area contributed by atoms with Crippen molar-refractivity contribution in [2.45, 2.75) is 26.9 Å². The molecule has 0 N–H and O–H groups in total. The third kappa shape index (κ3) is 4.46. The van der Waals surface area contributed by atoms with E-state index in [1.54, 1.807) is 18.2 Å². The number of fused-ring (bicyclic) bond motifs is 1. The maximum Gasteiger partial charge on any atom is 0.338 e. The van der Waals surface area contributed by atoms with Crippen LogP contribution in [-0.2, 0) is 9.47 Å². The fourth-order valence-corrected chi connectivity index (χ4v) is 4.18. The van der Waals surface area contributed by atoms with Crippen LogP contribution >= 0.6 is 0 Å². The summed E-state index contributed by atoms with van der Waals surface area (Å²) in [6.07, 6.45) is 1.64. The van der Waals surface area contributed by atoms with E-state index in [0.29, 0.717) is 48.7 Å². The summed E-state index contributed by atoms with van der Waals surface area (Å²) >= 11 is 0. The van der Waals surface area contributed by atoms with Gasteiger partial charge < -0.3 is 23.5 Å². The van der Waals surface area contributed by atoms with Crippen LogP contribution in [0.1, 0.15) is 35.5 Å². The molecule has 2 aromatic heterocycles. The molecule has 0 bridgehead atoms. The molecule has 33 heavy (non-hydrogen) atoms. The SMILES string of the molecule is C=C(c1c(C)c(C(=O)OC(C)C)cc2cc(-c3ccc(OC)cc3F)cn12)N1CCOCC1. The summed E-state index contributed by atoms with van der Waals surface area (Å²) in [6, 6.07) is 8.45. The van der Waals surface area contributed by atoms with Crippen LogP contribution in [0, 0.1) is 12.7 Å². The van der Waals surface area contributed by atoms with Crippen molar-refractivity contribution in [3.8, 4) is 16.9 Å². The summed E-state index contributed by atoms with van der Waals surface area (Å²) in [5, 5.41) is 0. The van der Waals surface area contributed by atoms with E-state index in [4.69, 9.17) is 14.2 Å². The molecule has 4 rings (SSSR count). The topological polar surface area (TPSA) is 52.4 Å². The molecule has 0 aliphatic carbocycles. The first-order valence-corrected chi connectivity index (χ1v) is 11.0. The summed E-state index contributed by atoms with van der Waals surface area (Å²) in [6.45, 7) is 12.5. The molecule has 1 aliphatic rings. The third-order valence-corrected chi connectivity index (χ3v) is 5.86. The van der Waals surface area contributed by atoms with Crippen LogP contribution in [-0.4, -0.2) is 54.8 Å². The van der Waals surface area contributed by atoms with Gasteiger partial charge in [-0.3, -0.25) is 0 Å². The zero-order valence-corrected chi connectivity index (χ0v) is 19.5. The Hall–Kier alpha value is -3.32. The number of benzene rings is 1. The summed E-state index contributed by atoms with van der Waals surface area (Å²) < 4.78 is 32.9. The van der Waals surface area contributed by atoms with Crippen molar-refractivity contribution in [1.82, 2.24) is 9.30 Å². The van der Waals surface area contributed by atoms with Gasteiger partial charge in [0.15, 0.2) is 0 Å². The maximum absolute atomic E-state index is 14.8. The molecule has 3 aromatic rings. The Labute approximate surface area is 193 Å². The van der Waals surface area contributed by atoms with Gasteiger partial charge in [0, 0.05) is 42.0 Å². The van der Waals surface area contributed by atoms with Crippen molar-refractivity contribution in [3.63, 3.8) is 0 Å². The number of rotatable bonds is 6. The number of halogens is 1. The molecule has 0 radical (unpaired) electrons. The van der Waals surface area contributed by atoms with Crippen LogP contribution in [0.15, 0.2) is 43.1 Å². The van der Waals surface area contributed by atoms with Crippen molar-refractivity contribution < 1.29 is 23.4 Å². The fraction of sp³-hybridized carbons (Fsp3) is 0.346. The van der Waals surface area contributed by atoms with E-state index in [2.05, 4.69) is 11.5 Å². The van der Waals surface area contributed by atoms with Crippen LogP contribution in [0.25, 0.3) is 22.3 Å². The van der Waals surface area contributed by atoms with Crippen molar-refractivity contribution in [2.75, 3.05) is 33.4 Å². The van der Waals surface area contributed by atoms with Gasteiger partial charge in [0.25, 0.3) is 0 Å². The molecule has 1 fully saturated rings. The van der Waals surface area contributed by atoms with Crippen LogP contribution in [0.4, 0.5) is 4.39 Å². The lowest BCUT2D eigenvalue weighted by Gasteiger charge is -2.31. The number of carbonyl (C=O) groups is 1. The normalized spacial score (nSPS) is 14.1.